The zero-order valence-corrected chi connectivity index (χ0v) is 16.4. The quantitative estimate of drug-likeness (QED) is 0.554. The Labute approximate surface area is 168 Å². The summed E-state index contributed by atoms with van der Waals surface area (Å²) in [6, 6.07) is 10.4. The molecule has 3 rings (SSSR count). The molecule has 4 N–H and O–H groups in total. The summed E-state index contributed by atoms with van der Waals surface area (Å²) < 4.78 is 39.9. The third-order valence-corrected chi connectivity index (χ3v) is 5.75. The molecule has 2 unspecified atom stereocenters. The molecule has 28 heavy (non-hydrogen) atoms. The van der Waals surface area contributed by atoms with E-state index in [0.717, 1.165) is 12.1 Å². The molecule has 1 fully saturated rings. The van der Waals surface area contributed by atoms with E-state index in [4.69, 9.17) is 0 Å². The van der Waals surface area contributed by atoms with E-state index in [0.29, 0.717) is 25.2 Å². The van der Waals surface area contributed by atoms with Crippen LogP contribution in [0.4, 0.5) is 10.1 Å². The smallest absolute Gasteiger partial charge is 0.261 e. The number of benzene rings is 2. The molecule has 1 aliphatic rings. The van der Waals surface area contributed by atoms with Gasteiger partial charge in [0.2, 0.25) is 0 Å². The second-order valence-electron chi connectivity index (χ2n) is 6.33. The number of hydrogen-bond acceptors (Lipinski definition) is 5. The maximum Gasteiger partial charge on any atom is 0.261 e. The normalized spacial score (nSPS) is 18.9. The first-order chi connectivity index (χ1) is 12.8. The van der Waals surface area contributed by atoms with Gasteiger partial charge in [-0.15, -0.1) is 12.4 Å². The first kappa shape index (κ1) is 22.1. The zero-order valence-electron chi connectivity index (χ0n) is 14.8. The number of β-amino-alcohol motifs (C(OH)–C–C–N with tert-alkyl or cyclic N) is 1. The second-order valence-corrected chi connectivity index (χ2v) is 8.01. The minimum absolute atomic E-state index is 0. The van der Waals surface area contributed by atoms with Crippen LogP contribution >= 0.6 is 12.4 Å². The molecule has 152 valence electrons. The van der Waals surface area contributed by atoms with Crippen molar-refractivity contribution in [3.05, 3.63) is 59.9 Å². The fourth-order valence-corrected chi connectivity index (χ4v) is 3.83. The van der Waals surface area contributed by atoms with Gasteiger partial charge < -0.3 is 15.7 Å². The molecule has 1 aliphatic heterocycles. The van der Waals surface area contributed by atoms with Crippen molar-refractivity contribution in [2.45, 2.75) is 11.0 Å². The molecule has 0 aliphatic carbocycles. The van der Waals surface area contributed by atoms with Gasteiger partial charge in [0.1, 0.15) is 5.82 Å². The van der Waals surface area contributed by atoms with Crippen LogP contribution in [0.1, 0.15) is 10.4 Å². The van der Waals surface area contributed by atoms with Gasteiger partial charge in [0.15, 0.2) is 0 Å². The summed E-state index contributed by atoms with van der Waals surface area (Å²) >= 11 is 0. The molecule has 0 spiro atoms. The Hall–Kier alpha value is -2.20. The monoisotopic (exact) mass is 429 g/mol. The van der Waals surface area contributed by atoms with Crippen LogP contribution in [-0.2, 0) is 10.0 Å². The van der Waals surface area contributed by atoms with Gasteiger partial charge in [0.25, 0.3) is 15.9 Å². The average molecular weight is 430 g/mol. The van der Waals surface area contributed by atoms with Crippen molar-refractivity contribution in [3.63, 3.8) is 0 Å². The number of carbonyl (C=O) groups is 1. The number of amides is 1. The number of carbonyl (C=O) groups excluding carboxylic acids is 1. The van der Waals surface area contributed by atoms with Crippen LogP contribution in [0.5, 0.6) is 0 Å². The van der Waals surface area contributed by atoms with Gasteiger partial charge >= 0.3 is 0 Å². The van der Waals surface area contributed by atoms with Crippen molar-refractivity contribution in [2.75, 3.05) is 24.4 Å². The maximum absolute atomic E-state index is 12.9. The largest absolute Gasteiger partial charge is 0.391 e. The molecule has 2 aromatic rings. The van der Waals surface area contributed by atoms with Crippen molar-refractivity contribution in [1.29, 1.82) is 0 Å². The number of rotatable bonds is 6. The van der Waals surface area contributed by atoms with Gasteiger partial charge in [0.05, 0.1) is 11.0 Å². The van der Waals surface area contributed by atoms with E-state index in [9.17, 15) is 22.7 Å². The fraction of sp³-hybridized carbons (Fsp3) is 0.278. The van der Waals surface area contributed by atoms with E-state index in [-0.39, 0.29) is 34.8 Å². The lowest BCUT2D eigenvalue weighted by atomic mass is 10.1. The molecule has 10 heteroatoms. The van der Waals surface area contributed by atoms with Gasteiger partial charge in [-0.25, -0.2) is 12.8 Å². The Morgan fingerprint density at radius 1 is 1.11 bits per heavy atom. The number of aliphatic hydroxyl groups is 1. The zero-order chi connectivity index (χ0) is 19.4. The van der Waals surface area contributed by atoms with E-state index in [2.05, 4.69) is 15.4 Å². The van der Waals surface area contributed by atoms with Crippen LogP contribution in [0.25, 0.3) is 0 Å². The van der Waals surface area contributed by atoms with Crippen molar-refractivity contribution in [2.24, 2.45) is 5.92 Å². The summed E-state index contributed by atoms with van der Waals surface area (Å²) in [4.78, 5) is 12.1. The van der Waals surface area contributed by atoms with Crippen LogP contribution < -0.4 is 15.4 Å². The Kier molecular flexibility index (Phi) is 7.36. The fourth-order valence-electron chi connectivity index (χ4n) is 2.77. The molecule has 1 heterocycles. The molecular formula is C18H21ClFN3O4S. The van der Waals surface area contributed by atoms with Crippen LogP contribution in [0, 0.1) is 11.7 Å². The van der Waals surface area contributed by atoms with Crippen molar-refractivity contribution in [3.8, 4) is 0 Å². The Morgan fingerprint density at radius 3 is 2.32 bits per heavy atom. The molecule has 0 radical (unpaired) electrons. The highest BCUT2D eigenvalue weighted by Gasteiger charge is 2.25. The van der Waals surface area contributed by atoms with E-state index >= 15 is 0 Å². The van der Waals surface area contributed by atoms with Crippen LogP contribution in [-0.4, -0.2) is 45.2 Å². The summed E-state index contributed by atoms with van der Waals surface area (Å²) in [5.74, 6) is -0.858. The number of aliphatic hydroxyl groups excluding tert-OH is 1. The summed E-state index contributed by atoms with van der Waals surface area (Å²) in [5, 5.41) is 15.5. The molecule has 2 atom stereocenters. The first-order valence-corrected chi connectivity index (χ1v) is 9.89. The predicted octanol–water partition coefficient (Wildman–Crippen LogP) is 1.36. The minimum Gasteiger partial charge on any atom is -0.391 e. The second kappa shape index (κ2) is 9.33. The van der Waals surface area contributed by atoms with Gasteiger partial charge in [-0.3, -0.25) is 9.52 Å². The van der Waals surface area contributed by atoms with Gasteiger partial charge in [-0.1, -0.05) is 0 Å². The Bertz CT molecular complexity index is 907. The Balaban J connectivity index is 0.00000280. The van der Waals surface area contributed by atoms with Gasteiger partial charge in [0, 0.05) is 36.8 Å². The summed E-state index contributed by atoms with van der Waals surface area (Å²) in [5.41, 5.74) is 0.659. The third kappa shape index (κ3) is 5.41. The summed E-state index contributed by atoms with van der Waals surface area (Å²) in [7, 11) is -3.84. The van der Waals surface area contributed by atoms with Crippen LogP contribution in [0.15, 0.2) is 53.4 Å². The number of nitrogens with one attached hydrogen (secondary N) is 3. The Morgan fingerprint density at radius 2 is 1.75 bits per heavy atom. The van der Waals surface area contributed by atoms with Gasteiger partial charge in [-0.05, 0) is 48.5 Å². The molecule has 0 bridgehead atoms. The molecule has 0 saturated carbocycles. The molecular weight excluding hydrogens is 409 g/mol. The molecule has 1 saturated heterocycles. The molecule has 2 aromatic carbocycles. The van der Waals surface area contributed by atoms with Crippen LogP contribution in [0.3, 0.4) is 0 Å². The topological polar surface area (TPSA) is 108 Å². The van der Waals surface area contributed by atoms with Crippen molar-refractivity contribution >= 4 is 34.0 Å². The lowest BCUT2D eigenvalue weighted by molar-refractivity contribution is 0.0927. The van der Waals surface area contributed by atoms with E-state index in [1.165, 1.54) is 36.4 Å². The number of hydrogen-bond donors (Lipinski definition) is 4. The highest BCUT2D eigenvalue weighted by Crippen LogP contribution is 2.17. The van der Waals surface area contributed by atoms with E-state index in [1.54, 1.807) is 0 Å². The van der Waals surface area contributed by atoms with Crippen molar-refractivity contribution in [1.82, 2.24) is 10.6 Å². The predicted molar refractivity (Wildman–Crippen MR) is 106 cm³/mol. The molecule has 0 aromatic heterocycles. The minimum atomic E-state index is -3.84. The van der Waals surface area contributed by atoms with E-state index < -0.39 is 21.9 Å². The molecule has 7 nitrogen and oxygen atoms in total. The van der Waals surface area contributed by atoms with Gasteiger partial charge in [-0.2, -0.15) is 0 Å². The average Bonchev–Trinajstić information content (AvgIpc) is 3.05. The summed E-state index contributed by atoms with van der Waals surface area (Å²) in [6.07, 6.45) is -0.478. The maximum atomic E-state index is 12.9. The van der Waals surface area contributed by atoms with Crippen molar-refractivity contribution < 1.29 is 22.7 Å². The lowest BCUT2D eigenvalue weighted by Gasteiger charge is -2.14. The highest BCUT2D eigenvalue weighted by atomic mass is 35.5. The number of sulfonamides is 1. The third-order valence-electron chi connectivity index (χ3n) is 4.35. The number of halogens is 2. The first-order valence-electron chi connectivity index (χ1n) is 8.40. The SMILES string of the molecule is Cl.O=C(NCC1CNCC1O)c1ccc(NS(=O)(=O)c2ccc(F)cc2)cc1. The standard InChI is InChI=1S/C18H20FN3O4S.ClH/c19-14-3-7-16(8-4-14)27(25,26)22-15-5-1-12(2-6-15)18(24)21-10-13-9-20-11-17(13)23;/h1-8,13,17,20,22-23H,9-11H2,(H,21,24);1H. The molecule has 1 amide bonds. The number of anilines is 1. The summed E-state index contributed by atoms with van der Waals surface area (Å²) in [6.45, 7) is 1.51. The van der Waals surface area contributed by atoms with Crippen LogP contribution in [0.2, 0.25) is 0 Å². The lowest BCUT2D eigenvalue weighted by Crippen LogP contribution is -2.34. The van der Waals surface area contributed by atoms with E-state index in [1.807, 2.05) is 0 Å². The highest BCUT2D eigenvalue weighted by molar-refractivity contribution is 7.92.